The van der Waals surface area contributed by atoms with Gasteiger partial charge in [-0.2, -0.15) is 0 Å². The van der Waals surface area contributed by atoms with Gasteiger partial charge in [0.15, 0.2) is 11.6 Å². The Morgan fingerprint density at radius 3 is 0.842 bits per heavy atom. The number of rotatable bonds is 8. The van der Waals surface area contributed by atoms with Crippen LogP contribution in [0.15, 0.2) is 121 Å². The van der Waals surface area contributed by atoms with Gasteiger partial charge in [0.2, 0.25) is 0 Å². The van der Waals surface area contributed by atoms with Gasteiger partial charge in [0, 0.05) is 32.3 Å². The average Bonchev–Trinajstić information content (AvgIpc) is 2.95. The minimum Gasteiger partial charge on any atom is -0.457 e. The second-order valence-electron chi connectivity index (χ2n) is 8.40. The third-order valence-corrected chi connectivity index (χ3v) is 6.24. The molecule has 0 aromatic heterocycles. The molecular formula is C32H20Cl2O4. The summed E-state index contributed by atoms with van der Waals surface area (Å²) < 4.78 is 11.8. The third kappa shape index (κ3) is 6.12. The summed E-state index contributed by atoms with van der Waals surface area (Å²) >= 11 is 11.8. The molecule has 0 saturated carbocycles. The molecule has 0 aliphatic carbocycles. The van der Waals surface area contributed by atoms with E-state index in [1.54, 1.807) is 121 Å². The molecule has 0 fully saturated rings. The summed E-state index contributed by atoms with van der Waals surface area (Å²) in [5.74, 6) is 2.28. The molecular weight excluding hydrogens is 519 g/mol. The van der Waals surface area contributed by atoms with Crippen LogP contribution >= 0.6 is 23.2 Å². The van der Waals surface area contributed by atoms with Crippen LogP contribution in [-0.4, -0.2) is 11.6 Å². The molecule has 0 N–H and O–H groups in total. The van der Waals surface area contributed by atoms with Crippen LogP contribution in [-0.2, 0) is 0 Å². The van der Waals surface area contributed by atoms with Crippen molar-refractivity contribution in [3.8, 4) is 23.0 Å². The van der Waals surface area contributed by atoms with Crippen molar-refractivity contribution >= 4 is 34.8 Å². The zero-order chi connectivity index (χ0) is 26.5. The molecule has 0 aliphatic heterocycles. The predicted octanol–water partition coefficient (Wildman–Crippen LogP) is 9.04. The summed E-state index contributed by atoms with van der Waals surface area (Å²) in [5, 5.41) is 1.17. The molecule has 0 amide bonds. The van der Waals surface area contributed by atoms with Gasteiger partial charge >= 0.3 is 0 Å². The number of carbonyl (C=O) groups excluding carboxylic acids is 2. The molecule has 5 rings (SSSR count). The van der Waals surface area contributed by atoms with Gasteiger partial charge in [0.1, 0.15) is 23.0 Å². The van der Waals surface area contributed by atoms with Crippen molar-refractivity contribution in [2.75, 3.05) is 0 Å². The second-order valence-corrected chi connectivity index (χ2v) is 9.27. The quantitative estimate of drug-likeness (QED) is 0.185. The maximum Gasteiger partial charge on any atom is 0.193 e. The summed E-state index contributed by atoms with van der Waals surface area (Å²) in [6.45, 7) is 0. The highest BCUT2D eigenvalue weighted by Crippen LogP contribution is 2.28. The maximum atomic E-state index is 12.6. The highest BCUT2D eigenvalue weighted by molar-refractivity contribution is 6.31. The van der Waals surface area contributed by atoms with Gasteiger partial charge in [-0.15, -0.1) is 0 Å². The first-order valence-electron chi connectivity index (χ1n) is 11.7. The molecule has 38 heavy (non-hydrogen) atoms. The first-order chi connectivity index (χ1) is 18.4. The maximum absolute atomic E-state index is 12.6. The summed E-state index contributed by atoms with van der Waals surface area (Å²) in [6, 6.07) is 34.7. The molecule has 5 aromatic carbocycles. The Kier molecular flexibility index (Phi) is 7.55. The number of benzene rings is 5. The second kappa shape index (κ2) is 11.3. The molecule has 0 radical (unpaired) electrons. The fourth-order valence-corrected chi connectivity index (χ4v) is 3.98. The number of carbonyl (C=O) groups is 2. The van der Waals surface area contributed by atoms with Crippen molar-refractivity contribution < 1.29 is 19.1 Å². The van der Waals surface area contributed by atoms with Gasteiger partial charge in [0.05, 0.1) is 0 Å². The largest absolute Gasteiger partial charge is 0.457 e. The number of hydrogen-bond donors (Lipinski definition) is 0. The molecule has 0 heterocycles. The van der Waals surface area contributed by atoms with Crippen molar-refractivity contribution in [3.63, 3.8) is 0 Å². The van der Waals surface area contributed by atoms with E-state index in [9.17, 15) is 9.59 Å². The third-order valence-electron chi connectivity index (χ3n) is 5.74. The smallest absolute Gasteiger partial charge is 0.193 e. The lowest BCUT2D eigenvalue weighted by Gasteiger charge is -2.09. The fraction of sp³-hybridized carbons (Fsp3) is 0. The molecule has 6 heteroatoms. The van der Waals surface area contributed by atoms with Crippen LogP contribution < -0.4 is 9.47 Å². The van der Waals surface area contributed by atoms with Gasteiger partial charge < -0.3 is 9.47 Å². The van der Waals surface area contributed by atoms with Gasteiger partial charge in [-0.05, 0) is 121 Å². The monoisotopic (exact) mass is 538 g/mol. The Morgan fingerprint density at radius 2 is 0.579 bits per heavy atom. The van der Waals surface area contributed by atoms with Crippen LogP contribution in [0.3, 0.4) is 0 Å². The Balaban J connectivity index is 1.18. The van der Waals surface area contributed by atoms with E-state index in [2.05, 4.69) is 0 Å². The zero-order valence-electron chi connectivity index (χ0n) is 19.9. The van der Waals surface area contributed by atoms with Crippen LogP contribution in [0.1, 0.15) is 31.8 Å². The van der Waals surface area contributed by atoms with Gasteiger partial charge in [-0.3, -0.25) is 9.59 Å². The molecule has 0 saturated heterocycles. The van der Waals surface area contributed by atoms with Crippen molar-refractivity contribution in [2.24, 2.45) is 0 Å². The Hall–Kier alpha value is -4.38. The Labute approximate surface area is 230 Å². The average molecular weight is 539 g/mol. The molecule has 186 valence electrons. The summed E-state index contributed by atoms with van der Waals surface area (Å²) in [6.07, 6.45) is 0. The van der Waals surface area contributed by atoms with Crippen molar-refractivity contribution in [1.82, 2.24) is 0 Å². The van der Waals surface area contributed by atoms with E-state index in [1.165, 1.54) is 0 Å². The summed E-state index contributed by atoms with van der Waals surface area (Å²) in [7, 11) is 0. The minimum atomic E-state index is -0.0860. The molecule has 0 spiro atoms. The van der Waals surface area contributed by atoms with E-state index in [0.717, 1.165) is 0 Å². The lowest BCUT2D eigenvalue weighted by molar-refractivity contribution is 0.103. The summed E-state index contributed by atoms with van der Waals surface area (Å²) in [4.78, 5) is 25.2. The van der Waals surface area contributed by atoms with Crippen LogP contribution in [0.2, 0.25) is 10.0 Å². The van der Waals surface area contributed by atoms with Crippen LogP contribution in [0, 0.1) is 0 Å². The number of halogens is 2. The molecule has 0 aliphatic rings. The highest BCUT2D eigenvalue weighted by atomic mass is 35.5. The van der Waals surface area contributed by atoms with E-state index in [4.69, 9.17) is 32.7 Å². The minimum absolute atomic E-state index is 0.0860. The van der Waals surface area contributed by atoms with Crippen LogP contribution in [0.5, 0.6) is 23.0 Å². The number of ether oxygens (including phenoxy) is 2. The molecule has 4 nitrogen and oxygen atoms in total. The molecule has 5 aromatic rings. The molecule has 0 bridgehead atoms. The fourth-order valence-electron chi connectivity index (χ4n) is 3.73. The Morgan fingerprint density at radius 1 is 0.368 bits per heavy atom. The molecule has 0 atom stereocenters. The van der Waals surface area contributed by atoms with Crippen LogP contribution in [0.4, 0.5) is 0 Å². The standard InChI is InChI=1S/C32H20Cl2O4/c33-25-9-1-21(2-10-25)31(35)23-5-13-27(14-6-23)37-29-17-19-30(20-18-29)38-28-15-7-24(8-16-28)32(36)22-3-11-26(34)12-4-22/h1-20H. The number of ketones is 2. The van der Waals surface area contributed by atoms with Gasteiger partial charge in [0.25, 0.3) is 0 Å². The first-order valence-corrected chi connectivity index (χ1v) is 12.5. The van der Waals surface area contributed by atoms with Gasteiger partial charge in [-0.1, -0.05) is 23.2 Å². The van der Waals surface area contributed by atoms with Crippen molar-refractivity contribution in [3.05, 3.63) is 154 Å². The van der Waals surface area contributed by atoms with Crippen molar-refractivity contribution in [1.29, 1.82) is 0 Å². The Bertz CT molecular complexity index is 1440. The van der Waals surface area contributed by atoms with E-state index < -0.39 is 0 Å². The normalized spacial score (nSPS) is 10.6. The van der Waals surface area contributed by atoms with Gasteiger partial charge in [-0.25, -0.2) is 0 Å². The first kappa shape index (κ1) is 25.3. The van der Waals surface area contributed by atoms with E-state index in [-0.39, 0.29) is 11.6 Å². The highest BCUT2D eigenvalue weighted by Gasteiger charge is 2.11. The predicted molar refractivity (Wildman–Crippen MR) is 149 cm³/mol. The topological polar surface area (TPSA) is 52.6 Å². The molecule has 0 unspecified atom stereocenters. The summed E-state index contributed by atoms with van der Waals surface area (Å²) in [5.41, 5.74) is 2.26. The number of hydrogen-bond acceptors (Lipinski definition) is 4. The zero-order valence-corrected chi connectivity index (χ0v) is 21.4. The lowest BCUT2D eigenvalue weighted by atomic mass is 10.0. The van der Waals surface area contributed by atoms with Crippen LogP contribution in [0.25, 0.3) is 0 Å². The van der Waals surface area contributed by atoms with E-state index in [1.807, 2.05) is 0 Å². The lowest BCUT2D eigenvalue weighted by Crippen LogP contribution is -2.00. The van der Waals surface area contributed by atoms with E-state index in [0.29, 0.717) is 55.3 Å². The SMILES string of the molecule is O=C(c1ccc(Cl)cc1)c1ccc(Oc2ccc(Oc3ccc(C(=O)c4ccc(Cl)cc4)cc3)cc2)cc1. The van der Waals surface area contributed by atoms with E-state index >= 15 is 0 Å². The van der Waals surface area contributed by atoms with Crippen molar-refractivity contribution in [2.45, 2.75) is 0 Å².